The Hall–Kier alpha value is -3.22. The summed E-state index contributed by atoms with van der Waals surface area (Å²) in [6, 6.07) is 3.90. The van der Waals surface area contributed by atoms with Crippen LogP contribution in [0.4, 0.5) is 4.79 Å². The van der Waals surface area contributed by atoms with Gasteiger partial charge in [0.2, 0.25) is 0 Å². The molecule has 7 heteroatoms. The number of fused-ring (bicyclic) bond motifs is 2. The monoisotopic (exact) mass is 363 g/mol. The fourth-order valence-electron chi connectivity index (χ4n) is 3.21. The number of hydrogen-bond donors (Lipinski definition) is 1. The van der Waals surface area contributed by atoms with Crippen LogP contribution in [-0.4, -0.2) is 36.5 Å². The van der Waals surface area contributed by atoms with E-state index in [4.69, 9.17) is 4.74 Å². The largest absolute Gasteiger partial charge is 0.444 e. The van der Waals surface area contributed by atoms with E-state index in [0.717, 1.165) is 33.5 Å². The Labute approximate surface area is 157 Å². The van der Waals surface area contributed by atoms with Crippen molar-refractivity contribution < 1.29 is 9.53 Å². The predicted octanol–water partition coefficient (Wildman–Crippen LogP) is 3.91. The number of ether oxygens (including phenoxy) is 1. The van der Waals surface area contributed by atoms with Gasteiger partial charge in [0, 0.05) is 28.9 Å². The number of pyridine rings is 1. The number of aromatic amines is 1. The smallest absolute Gasteiger partial charge is 0.410 e. The lowest BCUT2D eigenvalue weighted by Gasteiger charge is -2.24. The molecule has 0 aromatic carbocycles. The van der Waals surface area contributed by atoms with Crippen LogP contribution < -0.4 is 0 Å². The van der Waals surface area contributed by atoms with Gasteiger partial charge in [0.25, 0.3) is 0 Å². The van der Waals surface area contributed by atoms with Crippen molar-refractivity contribution in [3.8, 4) is 11.3 Å². The standard InChI is InChI=1S/C20H21N5O2/c1-5-16-23-15-11-25(19(26)27-20(2,3)4)10-14(15)17(24-16)12-6-8-21-18-13(12)7-9-22-18/h5-9H,1,10-11H2,2-4H3,(H,21,22). The third-order valence-electron chi connectivity index (χ3n) is 4.35. The van der Waals surface area contributed by atoms with Gasteiger partial charge >= 0.3 is 6.09 Å². The van der Waals surface area contributed by atoms with Crippen molar-refractivity contribution in [2.45, 2.75) is 39.5 Å². The molecule has 138 valence electrons. The second-order valence-electron chi connectivity index (χ2n) is 7.49. The SMILES string of the molecule is C=Cc1nc2c(c(-c3ccnc4[nH]ccc34)n1)CN(C(=O)OC(C)(C)C)C2. The lowest BCUT2D eigenvalue weighted by molar-refractivity contribution is 0.0241. The highest BCUT2D eigenvalue weighted by Gasteiger charge is 2.31. The number of carbonyl (C=O) groups excluding carboxylic acids is 1. The highest BCUT2D eigenvalue weighted by molar-refractivity contribution is 5.93. The van der Waals surface area contributed by atoms with Crippen molar-refractivity contribution in [1.29, 1.82) is 0 Å². The molecule has 0 spiro atoms. The fraction of sp³-hybridized carbons (Fsp3) is 0.300. The molecule has 0 unspecified atom stereocenters. The zero-order chi connectivity index (χ0) is 19.2. The molecule has 27 heavy (non-hydrogen) atoms. The predicted molar refractivity (Wildman–Crippen MR) is 103 cm³/mol. The summed E-state index contributed by atoms with van der Waals surface area (Å²) < 4.78 is 5.52. The molecule has 0 radical (unpaired) electrons. The number of nitrogens with zero attached hydrogens (tertiary/aromatic N) is 4. The van der Waals surface area contributed by atoms with E-state index in [9.17, 15) is 4.79 Å². The lowest BCUT2D eigenvalue weighted by Crippen LogP contribution is -2.33. The summed E-state index contributed by atoms with van der Waals surface area (Å²) in [4.78, 5) is 30.9. The molecule has 3 aromatic heterocycles. The average molecular weight is 363 g/mol. The van der Waals surface area contributed by atoms with Crippen molar-refractivity contribution >= 4 is 23.2 Å². The van der Waals surface area contributed by atoms with Crippen molar-refractivity contribution in [3.05, 3.63) is 48.2 Å². The van der Waals surface area contributed by atoms with Crippen molar-refractivity contribution in [3.63, 3.8) is 0 Å². The van der Waals surface area contributed by atoms with Crippen LogP contribution >= 0.6 is 0 Å². The molecule has 0 fully saturated rings. The van der Waals surface area contributed by atoms with E-state index >= 15 is 0 Å². The molecule has 1 amide bonds. The van der Waals surface area contributed by atoms with Crippen LogP contribution in [0, 0.1) is 0 Å². The molecular weight excluding hydrogens is 342 g/mol. The van der Waals surface area contributed by atoms with Gasteiger partial charge in [0.15, 0.2) is 5.82 Å². The summed E-state index contributed by atoms with van der Waals surface area (Å²) in [6.07, 6.45) is 4.86. The van der Waals surface area contributed by atoms with E-state index in [-0.39, 0.29) is 6.09 Å². The summed E-state index contributed by atoms with van der Waals surface area (Å²) in [5.74, 6) is 0.537. The van der Waals surface area contributed by atoms with E-state index in [1.807, 2.05) is 39.1 Å². The van der Waals surface area contributed by atoms with Gasteiger partial charge in [-0.05, 0) is 39.0 Å². The molecule has 1 aliphatic heterocycles. The molecule has 4 rings (SSSR count). The van der Waals surface area contributed by atoms with E-state index in [1.165, 1.54) is 0 Å². The molecular formula is C20H21N5O2. The Morgan fingerprint density at radius 1 is 1.30 bits per heavy atom. The third kappa shape index (κ3) is 3.16. The minimum atomic E-state index is -0.547. The molecule has 0 aliphatic carbocycles. The Balaban J connectivity index is 1.79. The zero-order valence-corrected chi connectivity index (χ0v) is 15.6. The highest BCUT2D eigenvalue weighted by atomic mass is 16.6. The van der Waals surface area contributed by atoms with Gasteiger partial charge in [-0.25, -0.2) is 19.7 Å². The van der Waals surface area contributed by atoms with Crippen molar-refractivity contribution in [1.82, 2.24) is 24.8 Å². The first kappa shape index (κ1) is 17.2. The number of amides is 1. The number of carbonyl (C=O) groups is 1. The molecule has 0 saturated heterocycles. The number of H-pyrrole nitrogens is 1. The summed E-state index contributed by atoms with van der Waals surface area (Å²) in [5, 5.41) is 0.976. The first-order chi connectivity index (χ1) is 12.9. The maximum absolute atomic E-state index is 12.5. The zero-order valence-electron chi connectivity index (χ0n) is 15.6. The number of nitrogens with one attached hydrogen (secondary N) is 1. The Morgan fingerprint density at radius 3 is 2.85 bits per heavy atom. The van der Waals surface area contributed by atoms with Crippen LogP contribution in [0.3, 0.4) is 0 Å². The molecule has 3 aromatic rings. The van der Waals surface area contributed by atoms with Crippen LogP contribution in [0.25, 0.3) is 28.4 Å². The van der Waals surface area contributed by atoms with Gasteiger partial charge in [-0.15, -0.1) is 0 Å². The van der Waals surface area contributed by atoms with Gasteiger partial charge in [0.05, 0.1) is 24.5 Å². The van der Waals surface area contributed by atoms with E-state index < -0.39 is 5.60 Å². The number of aromatic nitrogens is 4. The molecule has 0 atom stereocenters. The highest BCUT2D eigenvalue weighted by Crippen LogP contribution is 2.34. The maximum atomic E-state index is 12.5. The van der Waals surface area contributed by atoms with Gasteiger partial charge in [-0.3, -0.25) is 4.90 Å². The molecule has 0 saturated carbocycles. The molecule has 4 heterocycles. The van der Waals surface area contributed by atoms with Crippen molar-refractivity contribution in [2.75, 3.05) is 0 Å². The first-order valence-electron chi connectivity index (χ1n) is 8.78. The lowest BCUT2D eigenvalue weighted by atomic mass is 10.0. The van der Waals surface area contributed by atoms with E-state index in [0.29, 0.717) is 18.9 Å². The average Bonchev–Trinajstić information content (AvgIpc) is 3.25. The minimum Gasteiger partial charge on any atom is -0.444 e. The second-order valence-corrected chi connectivity index (χ2v) is 7.49. The van der Waals surface area contributed by atoms with Gasteiger partial charge < -0.3 is 9.72 Å². The second kappa shape index (κ2) is 6.19. The third-order valence-corrected chi connectivity index (χ3v) is 4.35. The topological polar surface area (TPSA) is 84.0 Å². The fourth-order valence-corrected chi connectivity index (χ4v) is 3.21. The summed E-state index contributed by atoms with van der Waals surface area (Å²) in [6.45, 7) is 10.2. The maximum Gasteiger partial charge on any atom is 0.410 e. The normalized spacial score (nSPS) is 13.7. The minimum absolute atomic E-state index is 0.354. The first-order valence-corrected chi connectivity index (χ1v) is 8.78. The van der Waals surface area contributed by atoms with Crippen LogP contribution in [0.15, 0.2) is 31.1 Å². The summed E-state index contributed by atoms with van der Waals surface area (Å²) >= 11 is 0. The van der Waals surface area contributed by atoms with Crippen LogP contribution in [0.5, 0.6) is 0 Å². The number of hydrogen-bond acceptors (Lipinski definition) is 5. The van der Waals surface area contributed by atoms with Gasteiger partial charge in [-0.2, -0.15) is 0 Å². The van der Waals surface area contributed by atoms with Crippen LogP contribution in [-0.2, 0) is 17.8 Å². The van der Waals surface area contributed by atoms with Gasteiger partial charge in [0.1, 0.15) is 11.2 Å². The Morgan fingerprint density at radius 2 is 2.11 bits per heavy atom. The molecule has 0 bridgehead atoms. The van der Waals surface area contributed by atoms with Crippen molar-refractivity contribution in [2.24, 2.45) is 0 Å². The number of rotatable bonds is 2. The Kier molecular flexibility index (Phi) is 3.95. The Bertz CT molecular complexity index is 1050. The van der Waals surface area contributed by atoms with Gasteiger partial charge in [-0.1, -0.05) is 6.58 Å². The quantitative estimate of drug-likeness (QED) is 0.746. The molecule has 7 nitrogen and oxygen atoms in total. The summed E-state index contributed by atoms with van der Waals surface area (Å²) in [7, 11) is 0. The molecule has 1 aliphatic rings. The van der Waals surface area contributed by atoms with Crippen LogP contribution in [0.1, 0.15) is 37.9 Å². The molecule has 1 N–H and O–H groups in total. The summed E-state index contributed by atoms with van der Waals surface area (Å²) in [5.41, 5.74) is 3.75. The van der Waals surface area contributed by atoms with E-state index in [2.05, 4.69) is 26.5 Å². The van der Waals surface area contributed by atoms with Crippen LogP contribution in [0.2, 0.25) is 0 Å². The van der Waals surface area contributed by atoms with E-state index in [1.54, 1.807) is 17.2 Å².